The summed E-state index contributed by atoms with van der Waals surface area (Å²) in [6.45, 7) is 0.350. The van der Waals surface area contributed by atoms with Crippen molar-refractivity contribution in [1.82, 2.24) is 4.98 Å². The molecule has 1 aromatic carbocycles. The molecule has 0 fully saturated rings. The molecule has 21 heavy (non-hydrogen) atoms. The van der Waals surface area contributed by atoms with Crippen LogP contribution < -0.4 is 4.31 Å². The van der Waals surface area contributed by atoms with Crippen molar-refractivity contribution in [3.8, 4) is 0 Å². The zero-order valence-corrected chi connectivity index (χ0v) is 11.7. The van der Waals surface area contributed by atoms with Crippen LogP contribution in [0.25, 0.3) is 0 Å². The molecule has 1 aliphatic rings. The van der Waals surface area contributed by atoms with E-state index in [1.165, 1.54) is 22.6 Å². The molecule has 108 valence electrons. The van der Waals surface area contributed by atoms with Gasteiger partial charge in [-0.2, -0.15) is 0 Å². The van der Waals surface area contributed by atoms with Gasteiger partial charge in [-0.15, -0.1) is 0 Å². The Morgan fingerprint density at radius 1 is 1.19 bits per heavy atom. The first-order chi connectivity index (χ1) is 10.1. The molecule has 0 spiro atoms. The van der Waals surface area contributed by atoms with Gasteiger partial charge in [0, 0.05) is 11.8 Å². The maximum atomic E-state index is 12.7. The predicted molar refractivity (Wildman–Crippen MR) is 75.1 cm³/mol. The molecule has 2 aromatic rings. The van der Waals surface area contributed by atoms with Crippen LogP contribution in [0.1, 0.15) is 11.7 Å². The smallest absolute Gasteiger partial charge is 0.293 e. The van der Waals surface area contributed by atoms with E-state index in [-0.39, 0.29) is 11.4 Å². The quantitative estimate of drug-likeness (QED) is 0.800. The van der Waals surface area contributed by atoms with Gasteiger partial charge in [0.1, 0.15) is 11.9 Å². The number of benzene rings is 1. The Bertz CT molecular complexity index is 762. The highest BCUT2D eigenvalue weighted by molar-refractivity contribution is 7.92. The van der Waals surface area contributed by atoms with Crippen molar-refractivity contribution >= 4 is 22.3 Å². The van der Waals surface area contributed by atoms with E-state index in [2.05, 4.69) is 4.98 Å². The summed E-state index contributed by atoms with van der Waals surface area (Å²) < 4.78 is 31.5. The van der Waals surface area contributed by atoms with Crippen LogP contribution in [-0.4, -0.2) is 26.4 Å². The number of pyridine rings is 1. The largest absolute Gasteiger partial charge is 0.458 e. The van der Waals surface area contributed by atoms with E-state index in [1.54, 1.807) is 30.3 Å². The van der Waals surface area contributed by atoms with Crippen molar-refractivity contribution in [3.05, 3.63) is 54.2 Å². The Morgan fingerprint density at radius 3 is 2.67 bits per heavy atom. The van der Waals surface area contributed by atoms with E-state index in [0.717, 1.165) is 0 Å². The molecule has 0 N–H and O–H groups in total. The highest BCUT2D eigenvalue weighted by atomic mass is 32.2. The molecule has 1 aliphatic heterocycles. The van der Waals surface area contributed by atoms with Crippen LogP contribution in [0.15, 0.2) is 53.6 Å². The fourth-order valence-corrected chi connectivity index (χ4v) is 3.79. The summed E-state index contributed by atoms with van der Waals surface area (Å²) in [6, 6.07) is 11.5. The third kappa shape index (κ3) is 2.25. The topological polar surface area (TPSA) is 76.6 Å². The van der Waals surface area contributed by atoms with Gasteiger partial charge in [-0.05, 0) is 24.3 Å². The molecule has 0 saturated heterocycles. The molecule has 0 aliphatic carbocycles. The zero-order chi connectivity index (χ0) is 14.9. The molecule has 6 nitrogen and oxygen atoms in total. The van der Waals surface area contributed by atoms with Crippen LogP contribution >= 0.6 is 0 Å². The van der Waals surface area contributed by atoms with Crippen molar-refractivity contribution in [1.29, 1.82) is 0 Å². The molecule has 0 amide bonds. The third-order valence-electron chi connectivity index (χ3n) is 3.28. The first-order valence-corrected chi connectivity index (χ1v) is 7.70. The third-order valence-corrected chi connectivity index (χ3v) is 5.05. The second-order valence-corrected chi connectivity index (χ2v) is 6.35. The molecule has 1 aromatic heterocycles. The summed E-state index contributed by atoms with van der Waals surface area (Å²) >= 11 is 0. The van der Waals surface area contributed by atoms with Gasteiger partial charge >= 0.3 is 0 Å². The SMILES string of the molecule is O=COC1CN(S(=O)(=O)c2ccccc2)c2ncccc21. The summed E-state index contributed by atoms with van der Waals surface area (Å²) in [5.74, 6) is 0.299. The molecule has 1 atom stereocenters. The number of hydrogen-bond donors (Lipinski definition) is 0. The Balaban J connectivity index is 2.07. The predicted octanol–water partition coefficient (Wildman–Crippen LogP) is 1.50. The number of rotatable bonds is 4. The Morgan fingerprint density at radius 2 is 1.95 bits per heavy atom. The molecule has 0 saturated carbocycles. The van der Waals surface area contributed by atoms with Crippen LogP contribution in [0.3, 0.4) is 0 Å². The summed E-state index contributed by atoms with van der Waals surface area (Å²) in [5, 5.41) is 0. The molecule has 0 radical (unpaired) electrons. The minimum absolute atomic E-state index is 0.0301. The molecule has 1 unspecified atom stereocenters. The fourth-order valence-electron chi connectivity index (χ4n) is 2.32. The molecule has 2 heterocycles. The Kier molecular flexibility index (Phi) is 3.34. The minimum Gasteiger partial charge on any atom is -0.458 e. The van der Waals surface area contributed by atoms with E-state index in [9.17, 15) is 13.2 Å². The van der Waals surface area contributed by atoms with Crippen molar-refractivity contribution in [3.63, 3.8) is 0 Å². The maximum Gasteiger partial charge on any atom is 0.293 e. The number of hydrogen-bond acceptors (Lipinski definition) is 5. The van der Waals surface area contributed by atoms with Crippen LogP contribution in [-0.2, 0) is 19.6 Å². The van der Waals surface area contributed by atoms with Crippen LogP contribution in [0, 0.1) is 0 Å². The van der Waals surface area contributed by atoms with E-state index in [0.29, 0.717) is 17.9 Å². The van der Waals surface area contributed by atoms with E-state index in [4.69, 9.17) is 4.74 Å². The lowest BCUT2D eigenvalue weighted by Crippen LogP contribution is -2.30. The minimum atomic E-state index is -3.73. The van der Waals surface area contributed by atoms with Crippen molar-refractivity contribution < 1.29 is 17.9 Å². The Labute approximate surface area is 122 Å². The summed E-state index contributed by atoms with van der Waals surface area (Å²) in [6.07, 6.45) is 0.875. The summed E-state index contributed by atoms with van der Waals surface area (Å²) in [7, 11) is -3.73. The lowest BCUT2D eigenvalue weighted by atomic mass is 10.2. The normalized spacial score (nSPS) is 17.3. The number of anilines is 1. The van der Waals surface area contributed by atoms with Gasteiger partial charge in [-0.25, -0.2) is 17.7 Å². The summed E-state index contributed by atoms with van der Waals surface area (Å²) in [5.41, 5.74) is 0.587. The lowest BCUT2D eigenvalue weighted by Gasteiger charge is -2.18. The summed E-state index contributed by atoms with van der Waals surface area (Å²) in [4.78, 5) is 14.9. The van der Waals surface area contributed by atoms with Crippen LogP contribution in [0.2, 0.25) is 0 Å². The van der Waals surface area contributed by atoms with E-state index in [1.807, 2.05) is 0 Å². The number of sulfonamides is 1. The highest BCUT2D eigenvalue weighted by Gasteiger charge is 2.38. The zero-order valence-electron chi connectivity index (χ0n) is 10.9. The second-order valence-electron chi connectivity index (χ2n) is 4.49. The number of carbonyl (C=O) groups excluding carboxylic acids is 1. The van der Waals surface area contributed by atoms with Crippen molar-refractivity contribution in [2.45, 2.75) is 11.0 Å². The van der Waals surface area contributed by atoms with Gasteiger partial charge in [0.2, 0.25) is 0 Å². The van der Waals surface area contributed by atoms with E-state index < -0.39 is 16.1 Å². The van der Waals surface area contributed by atoms with Crippen molar-refractivity contribution in [2.75, 3.05) is 10.8 Å². The van der Waals surface area contributed by atoms with Gasteiger partial charge in [0.15, 0.2) is 0 Å². The lowest BCUT2D eigenvalue weighted by molar-refractivity contribution is -0.133. The monoisotopic (exact) mass is 304 g/mol. The Hall–Kier alpha value is -2.41. The van der Waals surface area contributed by atoms with E-state index >= 15 is 0 Å². The van der Waals surface area contributed by atoms with Gasteiger partial charge in [0.05, 0.1) is 11.4 Å². The van der Waals surface area contributed by atoms with Crippen LogP contribution in [0.4, 0.5) is 5.82 Å². The molecular weight excluding hydrogens is 292 g/mol. The molecule has 3 rings (SSSR count). The fraction of sp³-hybridized carbons (Fsp3) is 0.143. The molecular formula is C14H12N2O4S. The number of fused-ring (bicyclic) bond motifs is 1. The average Bonchev–Trinajstić information content (AvgIpc) is 2.88. The first-order valence-electron chi connectivity index (χ1n) is 6.26. The molecule has 7 heteroatoms. The highest BCUT2D eigenvalue weighted by Crippen LogP contribution is 2.37. The van der Waals surface area contributed by atoms with Crippen molar-refractivity contribution in [2.24, 2.45) is 0 Å². The van der Waals surface area contributed by atoms with Crippen LogP contribution in [0.5, 0.6) is 0 Å². The number of carbonyl (C=O) groups is 1. The second kappa shape index (κ2) is 5.17. The number of ether oxygens (including phenoxy) is 1. The first kappa shape index (κ1) is 13.6. The maximum absolute atomic E-state index is 12.7. The van der Waals surface area contributed by atoms with Gasteiger partial charge in [-0.3, -0.25) is 4.79 Å². The number of aromatic nitrogens is 1. The standard InChI is InChI=1S/C14H12N2O4S/c17-10-20-13-9-16(14-12(13)7-4-8-15-14)21(18,19)11-5-2-1-3-6-11/h1-8,10,13H,9H2. The number of nitrogens with zero attached hydrogens (tertiary/aromatic N) is 2. The van der Waals surface area contributed by atoms with Gasteiger partial charge in [0.25, 0.3) is 16.5 Å². The molecule has 0 bridgehead atoms. The average molecular weight is 304 g/mol. The van der Waals surface area contributed by atoms with Gasteiger partial charge in [-0.1, -0.05) is 18.2 Å². The van der Waals surface area contributed by atoms with Gasteiger partial charge < -0.3 is 4.74 Å².